The number of fused-ring (bicyclic) bond motifs is 3. The summed E-state index contributed by atoms with van der Waals surface area (Å²) < 4.78 is 12.6. The number of methoxy groups -OCH3 is 1. The zero-order valence-electron chi connectivity index (χ0n) is 15.6. The maximum Gasteiger partial charge on any atom is 0.185 e. The predicted molar refractivity (Wildman–Crippen MR) is 106 cm³/mol. The van der Waals surface area contributed by atoms with Crippen LogP contribution in [-0.4, -0.2) is 32.7 Å². The third-order valence-corrected chi connectivity index (χ3v) is 5.45. The Kier molecular flexibility index (Phi) is 4.41. The van der Waals surface area contributed by atoms with Gasteiger partial charge in [0, 0.05) is 30.9 Å². The summed E-state index contributed by atoms with van der Waals surface area (Å²) in [5, 5.41) is 14.0. The normalized spacial score (nSPS) is 16.3. The van der Waals surface area contributed by atoms with E-state index in [4.69, 9.17) is 25.9 Å². The number of aromatic nitrogens is 4. The molecule has 3 heterocycles. The van der Waals surface area contributed by atoms with Crippen LogP contribution in [0.1, 0.15) is 40.0 Å². The second-order valence-electron chi connectivity index (χ2n) is 7.04. The third-order valence-electron chi connectivity index (χ3n) is 5.20. The molecule has 0 aliphatic heterocycles. The van der Waals surface area contributed by atoms with E-state index < -0.39 is 0 Å². The lowest BCUT2D eigenvalue weighted by molar-refractivity contribution is 0.0951. The summed E-state index contributed by atoms with van der Waals surface area (Å²) in [6.45, 7) is 0.311. The second kappa shape index (κ2) is 7.09. The molecule has 0 unspecified atom stereocenters. The molecule has 1 atom stereocenters. The summed E-state index contributed by atoms with van der Waals surface area (Å²) in [6, 6.07) is 11.2. The van der Waals surface area contributed by atoms with Gasteiger partial charge in [-0.2, -0.15) is 5.10 Å². The number of hydrogen-bond donors (Lipinski definition) is 0. The van der Waals surface area contributed by atoms with E-state index >= 15 is 0 Å². The molecule has 3 aromatic heterocycles. The average Bonchev–Trinajstić information content (AvgIpc) is 3.37. The van der Waals surface area contributed by atoms with E-state index in [9.17, 15) is 4.79 Å². The largest absolute Gasteiger partial charge is 0.469 e. The SMILES string of the molecule is COCc1nn2c3c(nnc2c1-c1ccc(Cl)cc1)C(=O)C[C@@H](c1ccco1)C3. The maximum atomic E-state index is 12.7. The zero-order chi connectivity index (χ0) is 20.0. The predicted octanol–water partition coefficient (Wildman–Crippen LogP) is 4.10. The van der Waals surface area contributed by atoms with Crippen LogP contribution in [0.4, 0.5) is 0 Å². The van der Waals surface area contributed by atoms with Gasteiger partial charge in [-0.25, -0.2) is 4.52 Å². The molecule has 5 rings (SSSR count). The van der Waals surface area contributed by atoms with E-state index in [0.29, 0.717) is 35.8 Å². The van der Waals surface area contributed by atoms with Crippen molar-refractivity contribution in [1.29, 1.82) is 0 Å². The van der Waals surface area contributed by atoms with E-state index in [1.54, 1.807) is 17.9 Å². The summed E-state index contributed by atoms with van der Waals surface area (Å²) in [5.74, 6) is 0.682. The molecular weight excluding hydrogens is 392 g/mol. The van der Waals surface area contributed by atoms with Gasteiger partial charge in [-0.15, -0.1) is 10.2 Å². The molecule has 1 aliphatic rings. The number of ketones is 1. The number of furan rings is 1. The molecule has 1 aromatic carbocycles. The standard InChI is InChI=1S/C21H17ClN4O3/c1-28-11-15-19(12-4-6-14(22)7-5-12)21-24-23-20-16(26(21)25-15)9-13(10-17(20)27)18-3-2-8-29-18/h2-8,13H,9-11H2,1H3/t13-/m0/s1. The summed E-state index contributed by atoms with van der Waals surface area (Å²) in [5.41, 5.74) is 4.16. The fourth-order valence-corrected chi connectivity index (χ4v) is 4.02. The van der Waals surface area contributed by atoms with Crippen molar-refractivity contribution in [1.82, 2.24) is 19.8 Å². The fourth-order valence-electron chi connectivity index (χ4n) is 3.89. The van der Waals surface area contributed by atoms with Crippen molar-refractivity contribution in [3.63, 3.8) is 0 Å². The summed E-state index contributed by atoms with van der Waals surface area (Å²) in [7, 11) is 1.62. The number of hydrogen-bond acceptors (Lipinski definition) is 6. The Morgan fingerprint density at radius 3 is 2.76 bits per heavy atom. The maximum absolute atomic E-state index is 12.7. The van der Waals surface area contributed by atoms with Gasteiger partial charge < -0.3 is 9.15 Å². The van der Waals surface area contributed by atoms with Crippen LogP contribution in [0.25, 0.3) is 16.8 Å². The lowest BCUT2D eigenvalue weighted by atomic mass is 9.87. The highest BCUT2D eigenvalue weighted by atomic mass is 35.5. The number of halogens is 1. The van der Waals surface area contributed by atoms with Crippen LogP contribution < -0.4 is 0 Å². The van der Waals surface area contributed by atoms with Crippen LogP contribution in [0.3, 0.4) is 0 Å². The molecule has 29 heavy (non-hydrogen) atoms. The number of Topliss-reactive ketones (excluding diaryl/α,β-unsaturated/α-hetero) is 1. The average molecular weight is 409 g/mol. The van der Waals surface area contributed by atoms with Gasteiger partial charge in [-0.05, 0) is 29.8 Å². The number of nitrogens with zero attached hydrogens (tertiary/aromatic N) is 4. The second-order valence-corrected chi connectivity index (χ2v) is 7.47. The van der Waals surface area contributed by atoms with Crippen molar-refractivity contribution in [3.05, 3.63) is 70.5 Å². The van der Waals surface area contributed by atoms with Crippen LogP contribution in [0.5, 0.6) is 0 Å². The van der Waals surface area contributed by atoms with E-state index in [1.807, 2.05) is 36.4 Å². The van der Waals surface area contributed by atoms with E-state index in [1.165, 1.54) is 0 Å². The molecule has 0 N–H and O–H groups in total. The van der Waals surface area contributed by atoms with Crippen molar-refractivity contribution < 1.29 is 13.9 Å². The lowest BCUT2D eigenvalue weighted by Gasteiger charge is -2.21. The summed E-state index contributed by atoms with van der Waals surface area (Å²) >= 11 is 6.05. The van der Waals surface area contributed by atoms with E-state index in [-0.39, 0.29) is 11.7 Å². The van der Waals surface area contributed by atoms with Crippen molar-refractivity contribution >= 4 is 23.0 Å². The van der Waals surface area contributed by atoms with Gasteiger partial charge in [0.1, 0.15) is 5.76 Å². The van der Waals surface area contributed by atoms with E-state index in [0.717, 1.165) is 28.3 Å². The Morgan fingerprint density at radius 1 is 1.21 bits per heavy atom. The van der Waals surface area contributed by atoms with Crippen LogP contribution in [0.15, 0.2) is 47.1 Å². The summed E-state index contributed by atoms with van der Waals surface area (Å²) in [6.07, 6.45) is 2.56. The van der Waals surface area contributed by atoms with Crippen molar-refractivity contribution in [2.24, 2.45) is 0 Å². The summed E-state index contributed by atoms with van der Waals surface area (Å²) in [4.78, 5) is 12.7. The minimum Gasteiger partial charge on any atom is -0.469 e. The number of rotatable bonds is 4. The lowest BCUT2D eigenvalue weighted by Crippen LogP contribution is -2.24. The van der Waals surface area contributed by atoms with Crippen molar-refractivity contribution in [2.45, 2.75) is 25.4 Å². The molecule has 7 nitrogen and oxygen atoms in total. The Labute approximate surface area is 171 Å². The first-order chi connectivity index (χ1) is 14.2. The minimum atomic E-state index is -0.0566. The Morgan fingerprint density at radius 2 is 2.03 bits per heavy atom. The molecule has 0 amide bonds. The highest BCUT2D eigenvalue weighted by Crippen LogP contribution is 2.35. The van der Waals surface area contributed by atoms with Crippen molar-refractivity contribution in [3.8, 4) is 11.1 Å². The van der Waals surface area contributed by atoms with Gasteiger partial charge >= 0.3 is 0 Å². The zero-order valence-corrected chi connectivity index (χ0v) is 16.4. The fraction of sp³-hybridized carbons (Fsp3) is 0.238. The molecule has 0 fully saturated rings. The van der Waals surface area contributed by atoms with Gasteiger partial charge in [0.2, 0.25) is 0 Å². The van der Waals surface area contributed by atoms with Crippen LogP contribution in [0, 0.1) is 0 Å². The number of ether oxygens (including phenoxy) is 1. The molecular formula is C21H17ClN4O3. The smallest absolute Gasteiger partial charge is 0.185 e. The van der Waals surface area contributed by atoms with Crippen LogP contribution in [-0.2, 0) is 17.8 Å². The topological polar surface area (TPSA) is 82.5 Å². The number of carbonyl (C=O) groups is 1. The molecule has 1 aliphatic carbocycles. The highest BCUT2D eigenvalue weighted by molar-refractivity contribution is 6.30. The Balaban J connectivity index is 1.70. The molecule has 0 saturated heterocycles. The molecule has 146 valence electrons. The molecule has 0 spiro atoms. The van der Waals surface area contributed by atoms with Gasteiger partial charge in [-0.1, -0.05) is 23.7 Å². The minimum absolute atomic E-state index is 0.0496. The molecule has 0 saturated carbocycles. The Hall–Kier alpha value is -3.03. The molecule has 8 heteroatoms. The first-order valence-corrected chi connectivity index (χ1v) is 9.62. The molecule has 4 aromatic rings. The highest BCUT2D eigenvalue weighted by Gasteiger charge is 2.33. The molecule has 0 bridgehead atoms. The van der Waals surface area contributed by atoms with Crippen LogP contribution in [0.2, 0.25) is 5.02 Å². The quantitative estimate of drug-likeness (QED) is 0.505. The first kappa shape index (κ1) is 18.0. The van der Waals surface area contributed by atoms with Gasteiger partial charge in [0.15, 0.2) is 17.1 Å². The number of carbonyl (C=O) groups excluding carboxylic acids is 1. The molecule has 0 radical (unpaired) electrons. The third kappa shape index (κ3) is 3.03. The van der Waals surface area contributed by atoms with Gasteiger partial charge in [0.25, 0.3) is 0 Å². The van der Waals surface area contributed by atoms with Crippen molar-refractivity contribution in [2.75, 3.05) is 7.11 Å². The van der Waals surface area contributed by atoms with Gasteiger partial charge in [-0.3, -0.25) is 4.79 Å². The number of benzene rings is 1. The van der Waals surface area contributed by atoms with E-state index in [2.05, 4.69) is 10.2 Å². The Bertz CT molecular complexity index is 1200. The first-order valence-electron chi connectivity index (χ1n) is 9.24. The van der Waals surface area contributed by atoms with Crippen LogP contribution >= 0.6 is 11.6 Å². The van der Waals surface area contributed by atoms with Gasteiger partial charge in [0.05, 0.1) is 29.8 Å². The monoisotopic (exact) mass is 408 g/mol.